The van der Waals surface area contributed by atoms with Crippen LogP contribution in [0.2, 0.25) is 0 Å². The molecule has 2 rings (SSSR count). The lowest BCUT2D eigenvalue weighted by Gasteiger charge is -2.13. The molecular weight excluding hydrogens is 252 g/mol. The number of rotatable bonds is 3. The maximum absolute atomic E-state index is 13.4. The number of nitrogens with zero attached hydrogens (tertiary/aromatic N) is 1. The molecule has 0 aliphatic rings. The summed E-state index contributed by atoms with van der Waals surface area (Å²) in [5.74, 6) is -3.54. The third-order valence-corrected chi connectivity index (χ3v) is 2.62. The second-order valence-corrected chi connectivity index (χ2v) is 3.92. The number of carbonyl (C=O) groups is 1. The molecule has 98 valence electrons. The zero-order valence-corrected chi connectivity index (χ0v) is 10.1. The van der Waals surface area contributed by atoms with Crippen LogP contribution in [0, 0.1) is 11.8 Å². The van der Waals surface area contributed by atoms with Gasteiger partial charge in [0, 0.05) is 6.20 Å². The molecule has 2 aromatic rings. The van der Waals surface area contributed by atoms with Gasteiger partial charge >= 0.3 is 5.97 Å². The van der Waals surface area contributed by atoms with Crippen molar-refractivity contribution in [1.82, 2.24) is 4.98 Å². The van der Waals surface area contributed by atoms with E-state index in [4.69, 9.17) is 4.74 Å². The Hall–Kier alpha value is -2.30. The standard InChI is InChI=1S/C14H11F2NO2/c1-9(10-5-3-2-4-6-10)19-14(18)11-7-8-17-13(16)12(11)15/h2-9H,1H3. The minimum atomic E-state index is -1.32. The quantitative estimate of drug-likeness (QED) is 0.630. The maximum Gasteiger partial charge on any atom is 0.341 e. The van der Waals surface area contributed by atoms with Crippen LogP contribution in [-0.4, -0.2) is 11.0 Å². The van der Waals surface area contributed by atoms with Crippen LogP contribution in [0.5, 0.6) is 0 Å². The molecule has 0 saturated heterocycles. The Balaban J connectivity index is 2.16. The molecule has 1 unspecified atom stereocenters. The lowest BCUT2D eigenvalue weighted by atomic mass is 10.1. The highest BCUT2D eigenvalue weighted by Gasteiger charge is 2.20. The van der Waals surface area contributed by atoms with E-state index in [9.17, 15) is 13.6 Å². The second-order valence-electron chi connectivity index (χ2n) is 3.92. The van der Waals surface area contributed by atoms with Crippen molar-refractivity contribution < 1.29 is 18.3 Å². The fourth-order valence-corrected chi connectivity index (χ4v) is 1.59. The zero-order valence-electron chi connectivity index (χ0n) is 10.1. The summed E-state index contributed by atoms with van der Waals surface area (Å²) in [4.78, 5) is 14.9. The van der Waals surface area contributed by atoms with Crippen molar-refractivity contribution in [2.75, 3.05) is 0 Å². The van der Waals surface area contributed by atoms with Gasteiger partial charge in [-0.15, -0.1) is 0 Å². The van der Waals surface area contributed by atoms with Crippen LogP contribution in [-0.2, 0) is 4.74 Å². The van der Waals surface area contributed by atoms with E-state index in [0.29, 0.717) is 0 Å². The molecule has 0 aliphatic heterocycles. The van der Waals surface area contributed by atoms with Gasteiger partial charge in [0.05, 0.1) is 0 Å². The second kappa shape index (κ2) is 5.56. The van der Waals surface area contributed by atoms with Crippen molar-refractivity contribution in [2.45, 2.75) is 13.0 Å². The number of carbonyl (C=O) groups excluding carboxylic acids is 1. The third-order valence-electron chi connectivity index (χ3n) is 2.62. The van der Waals surface area contributed by atoms with E-state index in [1.54, 1.807) is 31.2 Å². The predicted molar refractivity (Wildman–Crippen MR) is 64.4 cm³/mol. The number of ether oxygens (including phenoxy) is 1. The smallest absolute Gasteiger partial charge is 0.341 e. The average Bonchev–Trinajstić information content (AvgIpc) is 2.42. The van der Waals surface area contributed by atoms with Crippen LogP contribution in [0.15, 0.2) is 42.6 Å². The van der Waals surface area contributed by atoms with Gasteiger partial charge in [-0.2, -0.15) is 4.39 Å². The number of esters is 1. The Morgan fingerprint density at radius 1 is 1.21 bits per heavy atom. The molecule has 0 radical (unpaired) electrons. The van der Waals surface area contributed by atoms with Gasteiger partial charge in [0.25, 0.3) is 0 Å². The molecule has 19 heavy (non-hydrogen) atoms. The topological polar surface area (TPSA) is 39.2 Å². The fraction of sp³-hybridized carbons (Fsp3) is 0.143. The average molecular weight is 263 g/mol. The molecule has 0 aliphatic carbocycles. The zero-order chi connectivity index (χ0) is 13.8. The minimum absolute atomic E-state index is 0.463. The number of hydrogen-bond donors (Lipinski definition) is 0. The third kappa shape index (κ3) is 2.93. The highest BCUT2D eigenvalue weighted by atomic mass is 19.2. The Kier molecular flexibility index (Phi) is 3.85. The molecule has 0 N–H and O–H groups in total. The predicted octanol–water partition coefficient (Wildman–Crippen LogP) is 3.28. The van der Waals surface area contributed by atoms with Crippen molar-refractivity contribution in [3.8, 4) is 0 Å². The van der Waals surface area contributed by atoms with Crippen LogP contribution < -0.4 is 0 Å². The summed E-state index contributed by atoms with van der Waals surface area (Å²) in [5, 5.41) is 0. The number of aromatic nitrogens is 1. The Morgan fingerprint density at radius 2 is 1.89 bits per heavy atom. The number of halogens is 2. The minimum Gasteiger partial charge on any atom is -0.454 e. The SMILES string of the molecule is CC(OC(=O)c1ccnc(F)c1F)c1ccccc1. The van der Waals surface area contributed by atoms with Gasteiger partial charge in [0.15, 0.2) is 5.82 Å². The van der Waals surface area contributed by atoms with Crippen molar-refractivity contribution in [2.24, 2.45) is 0 Å². The molecular formula is C14H11F2NO2. The van der Waals surface area contributed by atoms with Crippen LogP contribution in [0.25, 0.3) is 0 Å². The first-order chi connectivity index (χ1) is 9.09. The molecule has 1 heterocycles. The maximum atomic E-state index is 13.4. The normalized spacial score (nSPS) is 11.9. The molecule has 0 bridgehead atoms. The van der Waals surface area contributed by atoms with Crippen LogP contribution >= 0.6 is 0 Å². The Morgan fingerprint density at radius 3 is 2.58 bits per heavy atom. The molecule has 5 heteroatoms. The van der Waals surface area contributed by atoms with Gasteiger partial charge < -0.3 is 4.74 Å². The van der Waals surface area contributed by atoms with E-state index in [1.807, 2.05) is 6.07 Å². The molecule has 1 aromatic carbocycles. The van der Waals surface area contributed by atoms with Gasteiger partial charge in [-0.05, 0) is 18.6 Å². The van der Waals surface area contributed by atoms with Crippen molar-refractivity contribution in [3.63, 3.8) is 0 Å². The molecule has 1 aromatic heterocycles. The van der Waals surface area contributed by atoms with E-state index >= 15 is 0 Å². The summed E-state index contributed by atoms with van der Waals surface area (Å²) < 4.78 is 31.4. The van der Waals surface area contributed by atoms with Gasteiger partial charge in [-0.3, -0.25) is 0 Å². The van der Waals surface area contributed by atoms with E-state index < -0.39 is 29.4 Å². The van der Waals surface area contributed by atoms with Crippen LogP contribution in [0.3, 0.4) is 0 Å². The summed E-state index contributed by atoms with van der Waals surface area (Å²) in [6.07, 6.45) is 0.465. The molecule has 0 spiro atoms. The van der Waals surface area contributed by atoms with E-state index in [0.717, 1.165) is 17.8 Å². The summed E-state index contributed by atoms with van der Waals surface area (Å²) in [7, 11) is 0. The van der Waals surface area contributed by atoms with Crippen molar-refractivity contribution in [3.05, 3.63) is 65.5 Å². The van der Waals surface area contributed by atoms with Crippen molar-refractivity contribution >= 4 is 5.97 Å². The molecule has 1 atom stereocenters. The van der Waals surface area contributed by atoms with Crippen LogP contribution in [0.4, 0.5) is 8.78 Å². The van der Waals surface area contributed by atoms with Gasteiger partial charge in [-0.25, -0.2) is 14.2 Å². The van der Waals surface area contributed by atoms with E-state index in [1.165, 1.54) is 0 Å². The van der Waals surface area contributed by atoms with E-state index in [-0.39, 0.29) is 0 Å². The first kappa shape index (κ1) is 13.1. The highest BCUT2D eigenvalue weighted by molar-refractivity contribution is 5.89. The monoisotopic (exact) mass is 263 g/mol. The molecule has 0 saturated carbocycles. The number of benzene rings is 1. The number of pyridine rings is 1. The van der Waals surface area contributed by atoms with E-state index in [2.05, 4.69) is 4.98 Å². The fourth-order valence-electron chi connectivity index (χ4n) is 1.59. The van der Waals surface area contributed by atoms with Gasteiger partial charge in [-0.1, -0.05) is 30.3 Å². The summed E-state index contributed by atoms with van der Waals surface area (Å²) >= 11 is 0. The first-order valence-electron chi connectivity index (χ1n) is 5.65. The molecule has 3 nitrogen and oxygen atoms in total. The highest BCUT2D eigenvalue weighted by Crippen LogP contribution is 2.19. The lowest BCUT2D eigenvalue weighted by molar-refractivity contribution is 0.0331. The largest absolute Gasteiger partial charge is 0.454 e. The van der Waals surface area contributed by atoms with Gasteiger partial charge in [0.2, 0.25) is 5.95 Å². The lowest BCUT2D eigenvalue weighted by Crippen LogP contribution is -2.12. The summed E-state index contributed by atoms with van der Waals surface area (Å²) in [5.41, 5.74) is 0.307. The Bertz CT molecular complexity index is 587. The van der Waals surface area contributed by atoms with Crippen LogP contribution in [0.1, 0.15) is 28.9 Å². The number of hydrogen-bond acceptors (Lipinski definition) is 3. The Labute approximate surface area is 108 Å². The first-order valence-corrected chi connectivity index (χ1v) is 5.65. The molecule has 0 fully saturated rings. The van der Waals surface area contributed by atoms with Crippen molar-refractivity contribution in [1.29, 1.82) is 0 Å². The summed E-state index contributed by atoms with van der Waals surface area (Å²) in [6.45, 7) is 1.66. The summed E-state index contributed by atoms with van der Waals surface area (Å²) in [6, 6.07) is 10.1. The van der Waals surface area contributed by atoms with Gasteiger partial charge in [0.1, 0.15) is 11.7 Å². The molecule has 0 amide bonds.